The number of esters is 2. The van der Waals surface area contributed by atoms with E-state index in [1.807, 2.05) is 0 Å². The molecule has 2 aromatic rings. The van der Waals surface area contributed by atoms with Crippen LogP contribution in [0.4, 0.5) is 5.69 Å². The number of pyridine rings is 1. The lowest BCUT2D eigenvalue weighted by atomic mass is 9.99. The third-order valence-electron chi connectivity index (χ3n) is 3.53. The van der Waals surface area contributed by atoms with Crippen LogP contribution in [0.1, 0.15) is 25.5 Å². The minimum Gasteiger partial charge on any atom is -0.465 e. The zero-order valence-electron chi connectivity index (χ0n) is 14.4. The van der Waals surface area contributed by atoms with Crippen molar-refractivity contribution in [3.63, 3.8) is 0 Å². The van der Waals surface area contributed by atoms with Gasteiger partial charge in [0.05, 0.1) is 29.4 Å². The Labute approximate surface area is 149 Å². The van der Waals surface area contributed by atoms with Gasteiger partial charge in [0, 0.05) is 0 Å². The summed E-state index contributed by atoms with van der Waals surface area (Å²) in [7, 11) is 0. The Morgan fingerprint density at radius 2 is 1.69 bits per heavy atom. The molecule has 0 aliphatic carbocycles. The van der Waals surface area contributed by atoms with E-state index in [9.17, 15) is 19.7 Å². The molecule has 8 heteroatoms. The van der Waals surface area contributed by atoms with Crippen molar-refractivity contribution in [2.75, 3.05) is 13.2 Å². The fourth-order valence-corrected chi connectivity index (χ4v) is 2.41. The van der Waals surface area contributed by atoms with Crippen molar-refractivity contribution < 1.29 is 24.0 Å². The first-order valence-electron chi connectivity index (χ1n) is 8.02. The van der Waals surface area contributed by atoms with E-state index < -0.39 is 22.8 Å². The normalized spacial score (nSPS) is 10.4. The smallest absolute Gasteiger partial charge is 0.326 e. The van der Waals surface area contributed by atoms with Gasteiger partial charge in [-0.05, 0) is 25.5 Å². The predicted octanol–water partition coefficient (Wildman–Crippen LogP) is 2.87. The summed E-state index contributed by atoms with van der Waals surface area (Å²) >= 11 is 0. The van der Waals surface area contributed by atoms with Crippen LogP contribution in [0, 0.1) is 10.1 Å². The quantitative estimate of drug-likeness (QED) is 0.324. The molecule has 0 saturated carbocycles. The molecule has 1 aromatic heterocycles. The Bertz CT molecular complexity index is 789. The van der Waals surface area contributed by atoms with Crippen LogP contribution < -0.4 is 0 Å². The van der Waals surface area contributed by atoms with Crippen molar-refractivity contribution in [1.82, 2.24) is 4.98 Å². The summed E-state index contributed by atoms with van der Waals surface area (Å²) in [6.07, 6.45) is 1.03. The second-order valence-electron chi connectivity index (χ2n) is 5.19. The SMILES string of the molecule is CCOC(=O)C(C(=O)OCC)c1cc(-c2ccccc2)c([N+](=O)[O-])cn1. The summed E-state index contributed by atoms with van der Waals surface area (Å²) < 4.78 is 9.87. The van der Waals surface area contributed by atoms with Gasteiger partial charge in [-0.25, -0.2) is 0 Å². The molecule has 0 unspecified atom stereocenters. The van der Waals surface area contributed by atoms with E-state index in [0.29, 0.717) is 5.56 Å². The third-order valence-corrected chi connectivity index (χ3v) is 3.53. The van der Waals surface area contributed by atoms with Crippen molar-refractivity contribution in [2.45, 2.75) is 19.8 Å². The molecule has 0 amide bonds. The molecule has 2 rings (SSSR count). The lowest BCUT2D eigenvalue weighted by Gasteiger charge is -2.15. The summed E-state index contributed by atoms with van der Waals surface area (Å²) in [5.74, 6) is -3.03. The maximum atomic E-state index is 12.2. The highest BCUT2D eigenvalue weighted by Gasteiger charge is 2.34. The van der Waals surface area contributed by atoms with Gasteiger partial charge in [-0.1, -0.05) is 30.3 Å². The second-order valence-corrected chi connectivity index (χ2v) is 5.19. The molecule has 0 aliphatic heterocycles. The van der Waals surface area contributed by atoms with Crippen LogP contribution in [0.3, 0.4) is 0 Å². The molecule has 0 bridgehead atoms. The number of hydrogen-bond donors (Lipinski definition) is 0. The number of nitro groups is 1. The lowest BCUT2D eigenvalue weighted by Crippen LogP contribution is -2.27. The van der Waals surface area contributed by atoms with Gasteiger partial charge >= 0.3 is 11.9 Å². The van der Waals surface area contributed by atoms with Crippen LogP contribution in [0.25, 0.3) is 11.1 Å². The van der Waals surface area contributed by atoms with Crippen LogP contribution in [0.5, 0.6) is 0 Å². The Morgan fingerprint density at radius 1 is 1.12 bits per heavy atom. The predicted molar refractivity (Wildman–Crippen MR) is 92.3 cm³/mol. The van der Waals surface area contributed by atoms with E-state index >= 15 is 0 Å². The maximum Gasteiger partial charge on any atom is 0.326 e. The topological polar surface area (TPSA) is 109 Å². The Kier molecular flexibility index (Phi) is 6.37. The molecule has 0 saturated heterocycles. The number of carbonyl (C=O) groups is 2. The van der Waals surface area contributed by atoms with Gasteiger partial charge in [0.2, 0.25) is 0 Å². The van der Waals surface area contributed by atoms with Gasteiger partial charge < -0.3 is 9.47 Å². The number of hydrogen-bond acceptors (Lipinski definition) is 7. The Balaban J connectivity index is 2.58. The maximum absolute atomic E-state index is 12.2. The van der Waals surface area contributed by atoms with Gasteiger partial charge in [0.1, 0.15) is 6.20 Å². The van der Waals surface area contributed by atoms with E-state index in [2.05, 4.69) is 4.98 Å². The van der Waals surface area contributed by atoms with Crippen LogP contribution in [0.15, 0.2) is 42.6 Å². The first-order valence-corrected chi connectivity index (χ1v) is 8.02. The van der Waals surface area contributed by atoms with E-state index in [1.165, 1.54) is 6.07 Å². The van der Waals surface area contributed by atoms with Crippen LogP contribution in [-0.4, -0.2) is 35.1 Å². The largest absolute Gasteiger partial charge is 0.465 e. The monoisotopic (exact) mass is 358 g/mol. The summed E-state index contributed by atoms with van der Waals surface area (Å²) in [6, 6.07) is 9.97. The number of nitrogens with zero attached hydrogens (tertiary/aromatic N) is 2. The number of rotatable bonds is 7. The standard InChI is InChI=1S/C18H18N2O6/c1-3-25-17(21)16(18(22)26-4-2)14-10-13(12-8-6-5-7-9-12)15(11-19-14)20(23)24/h5-11,16H,3-4H2,1-2H3. The molecule has 26 heavy (non-hydrogen) atoms. The highest BCUT2D eigenvalue weighted by atomic mass is 16.6. The lowest BCUT2D eigenvalue weighted by molar-refractivity contribution is -0.384. The first kappa shape index (κ1) is 19.0. The zero-order valence-corrected chi connectivity index (χ0v) is 14.4. The Hall–Kier alpha value is -3.29. The molecule has 0 atom stereocenters. The van der Waals surface area contributed by atoms with Crippen molar-refractivity contribution in [2.24, 2.45) is 0 Å². The van der Waals surface area contributed by atoms with Gasteiger partial charge in [-0.2, -0.15) is 0 Å². The molecule has 0 fully saturated rings. The number of aromatic nitrogens is 1. The van der Waals surface area contributed by atoms with Crippen LogP contribution in [0.2, 0.25) is 0 Å². The van der Waals surface area contributed by atoms with Gasteiger partial charge in [0.25, 0.3) is 5.69 Å². The van der Waals surface area contributed by atoms with Crippen molar-refractivity contribution in [1.29, 1.82) is 0 Å². The summed E-state index contributed by atoms with van der Waals surface area (Å²) in [4.78, 5) is 39.2. The van der Waals surface area contributed by atoms with E-state index in [0.717, 1.165) is 6.20 Å². The van der Waals surface area contributed by atoms with Crippen LogP contribution >= 0.6 is 0 Å². The minimum atomic E-state index is -1.40. The highest BCUT2D eigenvalue weighted by Crippen LogP contribution is 2.32. The number of ether oxygens (including phenoxy) is 2. The molecule has 0 N–H and O–H groups in total. The van der Waals surface area contributed by atoms with Crippen LogP contribution in [-0.2, 0) is 19.1 Å². The minimum absolute atomic E-state index is 0.0337. The summed E-state index contributed by atoms with van der Waals surface area (Å²) in [6.45, 7) is 3.37. The molecule has 0 aliphatic rings. The van der Waals surface area contributed by atoms with Gasteiger partial charge in [-0.3, -0.25) is 24.7 Å². The molecule has 1 heterocycles. The van der Waals surface area contributed by atoms with Gasteiger partial charge in [0.15, 0.2) is 5.92 Å². The molecule has 1 aromatic carbocycles. The molecule has 8 nitrogen and oxygen atoms in total. The molecular weight excluding hydrogens is 340 g/mol. The Morgan fingerprint density at radius 3 is 2.19 bits per heavy atom. The van der Waals surface area contributed by atoms with Crippen molar-refractivity contribution in [3.05, 3.63) is 58.4 Å². The molecular formula is C18H18N2O6. The molecule has 136 valence electrons. The molecule has 0 radical (unpaired) electrons. The molecule has 0 spiro atoms. The zero-order chi connectivity index (χ0) is 19.1. The summed E-state index contributed by atoms with van der Waals surface area (Å²) in [5.41, 5.74) is 0.617. The highest BCUT2D eigenvalue weighted by molar-refractivity contribution is 6.00. The van der Waals surface area contributed by atoms with E-state index in [1.54, 1.807) is 44.2 Å². The van der Waals surface area contributed by atoms with Crippen molar-refractivity contribution in [3.8, 4) is 11.1 Å². The van der Waals surface area contributed by atoms with Crippen molar-refractivity contribution >= 4 is 17.6 Å². The fraction of sp³-hybridized carbons (Fsp3) is 0.278. The first-order chi connectivity index (χ1) is 12.5. The van der Waals surface area contributed by atoms with Gasteiger partial charge in [-0.15, -0.1) is 0 Å². The average molecular weight is 358 g/mol. The number of benzene rings is 1. The second kappa shape index (κ2) is 8.70. The van der Waals surface area contributed by atoms with E-state index in [4.69, 9.17) is 9.47 Å². The third kappa shape index (κ3) is 4.21. The number of carbonyl (C=O) groups excluding carboxylic acids is 2. The summed E-state index contributed by atoms with van der Waals surface area (Å²) in [5, 5.41) is 11.3. The van der Waals surface area contributed by atoms with E-state index in [-0.39, 0.29) is 30.2 Å². The average Bonchev–Trinajstić information content (AvgIpc) is 2.63. The fourth-order valence-electron chi connectivity index (χ4n) is 2.41.